The molecule has 1 unspecified atom stereocenters. The van der Waals surface area contributed by atoms with E-state index in [1.165, 1.54) is 0 Å². The molecule has 0 saturated carbocycles. The van der Waals surface area contributed by atoms with Gasteiger partial charge in [0.05, 0.1) is 0 Å². The van der Waals surface area contributed by atoms with Gasteiger partial charge in [0.2, 0.25) is 0 Å². The lowest BCUT2D eigenvalue weighted by molar-refractivity contribution is 0.258. The van der Waals surface area contributed by atoms with E-state index in [2.05, 4.69) is 45.0 Å². The van der Waals surface area contributed by atoms with Crippen LogP contribution in [0.4, 0.5) is 0 Å². The van der Waals surface area contributed by atoms with Gasteiger partial charge in [-0.25, -0.2) is 0 Å². The third kappa shape index (κ3) is 6.67. The van der Waals surface area contributed by atoms with Crippen LogP contribution in [0.5, 0.6) is 17.2 Å². The van der Waals surface area contributed by atoms with Crippen LogP contribution in [0.15, 0.2) is 128 Å². The molecule has 0 spiro atoms. The van der Waals surface area contributed by atoms with Crippen molar-refractivity contribution in [2.24, 2.45) is 0 Å². The summed E-state index contributed by atoms with van der Waals surface area (Å²) in [5.41, 5.74) is 6.51. The molecule has 1 atom stereocenters. The monoisotopic (exact) mass is 478 g/mol. The molecule has 36 heavy (non-hydrogen) atoms. The molecule has 0 heterocycles. The summed E-state index contributed by atoms with van der Waals surface area (Å²) in [5, 5.41) is 0. The molecule has 0 amide bonds. The molecule has 3 nitrogen and oxygen atoms in total. The Labute approximate surface area is 215 Å². The largest absolute Gasteiger partial charge is 0.486 e. The molecular formula is C33H34O3. The standard InChI is InChI=1S/C33H34O3/c1-21(2)24(7)34-30-15-10-27(11-16-30)29-14-19-32(33(20-29)36-26(9)23(5)6)28-12-17-31(18-13-28)35-25(8)22(3)4/h10-20,25H,1,3,5,7,9H2,2,4,6,8H3. The summed E-state index contributed by atoms with van der Waals surface area (Å²) in [7, 11) is 0. The van der Waals surface area contributed by atoms with Crippen LogP contribution in [0.1, 0.15) is 27.7 Å². The fourth-order valence-electron chi connectivity index (χ4n) is 3.21. The van der Waals surface area contributed by atoms with Gasteiger partial charge in [0, 0.05) is 5.56 Å². The minimum absolute atomic E-state index is 0.0523. The lowest BCUT2D eigenvalue weighted by Crippen LogP contribution is -2.12. The Kier molecular flexibility index (Phi) is 8.39. The Balaban J connectivity index is 1.93. The lowest BCUT2D eigenvalue weighted by atomic mass is 9.99. The van der Waals surface area contributed by atoms with Gasteiger partial charge >= 0.3 is 0 Å². The van der Waals surface area contributed by atoms with Crippen LogP contribution in [0.3, 0.4) is 0 Å². The zero-order chi connectivity index (χ0) is 26.4. The molecule has 0 N–H and O–H groups in total. The Morgan fingerprint density at radius 3 is 1.67 bits per heavy atom. The van der Waals surface area contributed by atoms with Crippen LogP contribution in [0.25, 0.3) is 22.3 Å². The minimum Gasteiger partial charge on any atom is -0.486 e. The van der Waals surface area contributed by atoms with Crippen LogP contribution in [0.2, 0.25) is 0 Å². The van der Waals surface area contributed by atoms with Crippen LogP contribution in [-0.4, -0.2) is 6.10 Å². The van der Waals surface area contributed by atoms with Gasteiger partial charge in [-0.2, -0.15) is 0 Å². The molecule has 3 aromatic carbocycles. The van der Waals surface area contributed by atoms with Crippen molar-refractivity contribution >= 4 is 0 Å². The maximum atomic E-state index is 6.17. The second-order valence-corrected chi connectivity index (χ2v) is 8.98. The molecule has 0 aliphatic heterocycles. The highest BCUT2D eigenvalue weighted by Gasteiger charge is 2.13. The minimum atomic E-state index is -0.0523. The van der Waals surface area contributed by atoms with E-state index in [0.29, 0.717) is 23.0 Å². The van der Waals surface area contributed by atoms with E-state index in [4.69, 9.17) is 14.2 Å². The van der Waals surface area contributed by atoms with Crippen molar-refractivity contribution in [3.05, 3.63) is 128 Å². The van der Waals surface area contributed by atoms with Crippen LogP contribution in [-0.2, 0) is 0 Å². The Hall–Kier alpha value is -4.24. The molecule has 3 rings (SSSR count). The summed E-state index contributed by atoms with van der Waals surface area (Å²) in [6.45, 7) is 27.4. The van der Waals surface area contributed by atoms with Gasteiger partial charge in [0.15, 0.2) is 0 Å². The van der Waals surface area contributed by atoms with E-state index in [1.807, 2.05) is 82.3 Å². The number of ether oxygens (including phenoxy) is 3. The zero-order valence-corrected chi connectivity index (χ0v) is 21.7. The highest BCUT2D eigenvalue weighted by molar-refractivity contribution is 5.77. The summed E-state index contributed by atoms with van der Waals surface area (Å²) < 4.78 is 17.8. The molecule has 0 saturated heterocycles. The number of allylic oxidation sites excluding steroid dienone is 2. The maximum absolute atomic E-state index is 6.17. The van der Waals surface area contributed by atoms with Crippen LogP contribution >= 0.6 is 0 Å². The number of benzene rings is 3. The van der Waals surface area contributed by atoms with Crippen molar-refractivity contribution < 1.29 is 14.2 Å². The van der Waals surface area contributed by atoms with Crippen molar-refractivity contribution in [2.45, 2.75) is 33.8 Å². The van der Waals surface area contributed by atoms with E-state index in [9.17, 15) is 0 Å². The molecule has 0 aliphatic rings. The van der Waals surface area contributed by atoms with Gasteiger partial charge < -0.3 is 14.2 Å². The fraction of sp³-hybridized carbons (Fsp3) is 0.152. The predicted molar refractivity (Wildman–Crippen MR) is 151 cm³/mol. The Morgan fingerprint density at radius 2 is 1.11 bits per heavy atom. The quantitative estimate of drug-likeness (QED) is 0.156. The van der Waals surface area contributed by atoms with Gasteiger partial charge in [-0.3, -0.25) is 0 Å². The maximum Gasteiger partial charge on any atom is 0.135 e. The second kappa shape index (κ2) is 11.5. The molecule has 0 aliphatic carbocycles. The van der Waals surface area contributed by atoms with Gasteiger partial charge in [0.1, 0.15) is 34.9 Å². The van der Waals surface area contributed by atoms with E-state index < -0.39 is 0 Å². The van der Waals surface area contributed by atoms with Gasteiger partial charge in [-0.05, 0) is 91.4 Å². The number of rotatable bonds is 11. The zero-order valence-electron chi connectivity index (χ0n) is 21.7. The third-order valence-electron chi connectivity index (χ3n) is 5.77. The molecule has 0 aromatic heterocycles. The molecule has 184 valence electrons. The van der Waals surface area contributed by atoms with Crippen molar-refractivity contribution in [3.8, 4) is 39.5 Å². The normalized spacial score (nSPS) is 11.2. The predicted octanol–water partition coefficient (Wildman–Crippen LogP) is 9.30. The molecular weight excluding hydrogens is 444 g/mol. The van der Waals surface area contributed by atoms with Gasteiger partial charge in [-0.15, -0.1) is 0 Å². The SMILES string of the molecule is C=C(C)C(=C)Oc1ccc(-c2ccc(-c3ccc(OC(C)C(=C)C)cc3)c(OC(=C)C(=C)C)c2)cc1. The van der Waals surface area contributed by atoms with Crippen LogP contribution in [0, 0.1) is 0 Å². The third-order valence-corrected chi connectivity index (χ3v) is 5.77. The topological polar surface area (TPSA) is 27.7 Å². The Morgan fingerprint density at radius 1 is 0.611 bits per heavy atom. The molecule has 0 fully saturated rings. The molecule has 3 aromatic rings. The van der Waals surface area contributed by atoms with Crippen molar-refractivity contribution in [3.63, 3.8) is 0 Å². The van der Waals surface area contributed by atoms with E-state index >= 15 is 0 Å². The molecule has 3 heteroatoms. The fourth-order valence-corrected chi connectivity index (χ4v) is 3.21. The van der Waals surface area contributed by atoms with Gasteiger partial charge in [-0.1, -0.05) is 69.3 Å². The first kappa shape index (κ1) is 26.4. The summed E-state index contributed by atoms with van der Waals surface area (Å²) >= 11 is 0. The van der Waals surface area contributed by atoms with Crippen LogP contribution < -0.4 is 14.2 Å². The average Bonchev–Trinajstić information content (AvgIpc) is 2.84. The Bertz CT molecular complexity index is 1310. The first-order valence-electron chi connectivity index (χ1n) is 11.8. The summed E-state index contributed by atoms with van der Waals surface area (Å²) in [4.78, 5) is 0. The first-order valence-corrected chi connectivity index (χ1v) is 11.8. The number of hydrogen-bond donors (Lipinski definition) is 0. The smallest absolute Gasteiger partial charge is 0.135 e. The summed E-state index contributed by atoms with van der Waals surface area (Å²) in [6.07, 6.45) is -0.0523. The summed E-state index contributed by atoms with van der Waals surface area (Å²) in [6, 6.07) is 21.9. The number of hydrogen-bond acceptors (Lipinski definition) is 3. The van der Waals surface area contributed by atoms with Crippen molar-refractivity contribution in [2.75, 3.05) is 0 Å². The van der Waals surface area contributed by atoms with Crippen molar-refractivity contribution in [1.82, 2.24) is 0 Å². The second-order valence-electron chi connectivity index (χ2n) is 8.98. The molecule has 0 radical (unpaired) electrons. The highest BCUT2D eigenvalue weighted by atomic mass is 16.5. The lowest BCUT2D eigenvalue weighted by Gasteiger charge is -2.17. The van der Waals surface area contributed by atoms with E-state index in [0.717, 1.165) is 44.7 Å². The van der Waals surface area contributed by atoms with E-state index in [1.54, 1.807) is 0 Å². The summed E-state index contributed by atoms with van der Waals surface area (Å²) in [5.74, 6) is 3.26. The first-order chi connectivity index (χ1) is 17.0. The molecule has 0 bridgehead atoms. The van der Waals surface area contributed by atoms with Crippen molar-refractivity contribution in [1.29, 1.82) is 0 Å². The average molecular weight is 479 g/mol. The van der Waals surface area contributed by atoms with Gasteiger partial charge in [0.25, 0.3) is 0 Å². The highest BCUT2D eigenvalue weighted by Crippen LogP contribution is 2.37. The van der Waals surface area contributed by atoms with E-state index in [-0.39, 0.29) is 6.10 Å².